The van der Waals surface area contributed by atoms with Gasteiger partial charge in [-0.05, 0) is 49.8 Å². The van der Waals surface area contributed by atoms with Crippen molar-refractivity contribution in [2.24, 2.45) is 5.92 Å². The van der Waals surface area contributed by atoms with Crippen LogP contribution in [0.15, 0.2) is 24.3 Å². The molecule has 1 saturated heterocycles. The summed E-state index contributed by atoms with van der Waals surface area (Å²) in [6.45, 7) is 9.42. The number of rotatable bonds is 9. The van der Waals surface area contributed by atoms with Crippen LogP contribution in [0.2, 0.25) is 0 Å². The first-order valence-corrected chi connectivity index (χ1v) is 11.2. The number of piperazine rings is 1. The topological polar surface area (TPSA) is 64.7 Å². The minimum absolute atomic E-state index is 0.0138. The summed E-state index contributed by atoms with van der Waals surface area (Å²) in [6, 6.07) is 8.27. The highest BCUT2D eigenvalue weighted by molar-refractivity contribution is 5.88. The van der Waals surface area contributed by atoms with E-state index < -0.39 is 0 Å². The lowest BCUT2D eigenvalue weighted by Gasteiger charge is -2.35. The summed E-state index contributed by atoms with van der Waals surface area (Å²) in [5.74, 6) is 0.551. The molecule has 0 saturated carbocycles. The van der Waals surface area contributed by atoms with Crippen molar-refractivity contribution in [1.29, 1.82) is 0 Å². The van der Waals surface area contributed by atoms with E-state index in [1.807, 2.05) is 0 Å². The summed E-state index contributed by atoms with van der Waals surface area (Å²) in [7, 11) is 0. The van der Waals surface area contributed by atoms with Crippen LogP contribution in [0.25, 0.3) is 0 Å². The number of carbonyl (C=O) groups is 2. The lowest BCUT2D eigenvalue weighted by atomic mass is 10.0. The van der Waals surface area contributed by atoms with Crippen molar-refractivity contribution in [3.8, 4) is 0 Å². The summed E-state index contributed by atoms with van der Waals surface area (Å²) in [5, 5.41) is 5.93. The highest BCUT2D eigenvalue weighted by Gasteiger charge is 2.31. The van der Waals surface area contributed by atoms with Gasteiger partial charge in [-0.2, -0.15) is 0 Å². The molecule has 1 fully saturated rings. The fourth-order valence-electron chi connectivity index (χ4n) is 4.26. The number of nitrogens with one attached hydrogen (secondary N) is 2. The molecule has 0 radical (unpaired) electrons. The third-order valence-electron chi connectivity index (χ3n) is 5.95. The monoisotopic (exact) mass is 400 g/mol. The molecule has 6 nitrogen and oxygen atoms in total. The Labute approximate surface area is 175 Å². The second kappa shape index (κ2) is 10.6. The summed E-state index contributed by atoms with van der Waals surface area (Å²) in [5.41, 5.74) is 2.76. The summed E-state index contributed by atoms with van der Waals surface area (Å²) < 4.78 is 0. The van der Waals surface area contributed by atoms with E-state index in [0.717, 1.165) is 45.4 Å². The van der Waals surface area contributed by atoms with Crippen LogP contribution in [0.5, 0.6) is 0 Å². The minimum atomic E-state index is -0.337. The molecule has 160 valence electrons. The Morgan fingerprint density at radius 1 is 1.24 bits per heavy atom. The van der Waals surface area contributed by atoms with Crippen molar-refractivity contribution >= 4 is 17.5 Å². The van der Waals surface area contributed by atoms with Crippen LogP contribution in [-0.2, 0) is 16.0 Å². The molecule has 2 aliphatic heterocycles. The molecular formula is C23H36N4O2. The number of amides is 2. The van der Waals surface area contributed by atoms with E-state index in [1.54, 1.807) is 0 Å². The Hall–Kier alpha value is -2.08. The van der Waals surface area contributed by atoms with Gasteiger partial charge in [-0.1, -0.05) is 32.0 Å². The second-order valence-electron chi connectivity index (χ2n) is 8.65. The quantitative estimate of drug-likeness (QED) is 0.624. The van der Waals surface area contributed by atoms with Crippen LogP contribution in [0.3, 0.4) is 0 Å². The fraction of sp³-hybridized carbons (Fsp3) is 0.652. The molecular weight excluding hydrogens is 364 g/mol. The molecule has 0 bridgehead atoms. The normalized spacial score (nSPS) is 19.8. The molecule has 2 amide bonds. The number of fused-ring (bicyclic) bond motifs is 1. The van der Waals surface area contributed by atoms with Crippen LogP contribution in [-0.4, -0.2) is 62.0 Å². The van der Waals surface area contributed by atoms with Gasteiger partial charge in [0.15, 0.2) is 0 Å². The first-order valence-electron chi connectivity index (χ1n) is 11.2. The third-order valence-corrected chi connectivity index (χ3v) is 5.95. The maximum absolute atomic E-state index is 12.5. The zero-order valence-corrected chi connectivity index (χ0v) is 18.0. The summed E-state index contributed by atoms with van der Waals surface area (Å²) in [4.78, 5) is 29.4. The molecule has 1 aromatic rings. The molecule has 1 atom stereocenters. The maximum atomic E-state index is 12.5. The van der Waals surface area contributed by atoms with Gasteiger partial charge in [0, 0.05) is 38.4 Å². The molecule has 3 rings (SSSR count). The molecule has 2 heterocycles. The third kappa shape index (κ3) is 6.20. The summed E-state index contributed by atoms with van der Waals surface area (Å²) in [6.07, 6.45) is 4.54. The SMILES string of the molecule is CC(C)CCN1CCNC(=O)C1CC(=O)NCCCN1CCCc2ccccc21. The number of benzene rings is 1. The van der Waals surface area contributed by atoms with Crippen molar-refractivity contribution in [3.05, 3.63) is 29.8 Å². The van der Waals surface area contributed by atoms with Crippen molar-refractivity contribution in [3.63, 3.8) is 0 Å². The van der Waals surface area contributed by atoms with Gasteiger partial charge in [-0.25, -0.2) is 0 Å². The summed E-state index contributed by atoms with van der Waals surface area (Å²) >= 11 is 0. The number of hydrogen-bond acceptors (Lipinski definition) is 4. The molecule has 2 N–H and O–H groups in total. The zero-order chi connectivity index (χ0) is 20.6. The Balaban J connectivity index is 1.42. The largest absolute Gasteiger partial charge is 0.371 e. The van der Waals surface area contributed by atoms with E-state index >= 15 is 0 Å². The molecule has 29 heavy (non-hydrogen) atoms. The van der Waals surface area contributed by atoms with Gasteiger partial charge in [-0.15, -0.1) is 0 Å². The standard InChI is InChI=1S/C23H36N4O2/c1-18(2)10-15-27-16-12-25-23(29)21(27)17-22(28)24-11-6-14-26-13-5-8-19-7-3-4-9-20(19)26/h3-4,7,9,18,21H,5-6,8,10-17H2,1-2H3,(H,24,28)(H,25,29). The van der Waals surface area contributed by atoms with Crippen molar-refractivity contribution in [2.45, 2.75) is 52.0 Å². The van der Waals surface area contributed by atoms with E-state index in [9.17, 15) is 9.59 Å². The number of carbonyl (C=O) groups excluding carboxylic acids is 2. The highest BCUT2D eigenvalue weighted by atomic mass is 16.2. The van der Waals surface area contributed by atoms with Crippen LogP contribution < -0.4 is 15.5 Å². The van der Waals surface area contributed by atoms with Crippen molar-refractivity contribution in [2.75, 3.05) is 44.2 Å². The Morgan fingerprint density at radius 2 is 2.07 bits per heavy atom. The average molecular weight is 401 g/mol. The zero-order valence-electron chi connectivity index (χ0n) is 18.0. The van der Waals surface area contributed by atoms with Crippen molar-refractivity contribution in [1.82, 2.24) is 15.5 Å². The van der Waals surface area contributed by atoms with Gasteiger partial charge in [0.1, 0.15) is 0 Å². The van der Waals surface area contributed by atoms with Crippen LogP contribution in [0.1, 0.15) is 45.1 Å². The lowest BCUT2D eigenvalue weighted by Crippen LogP contribution is -2.56. The second-order valence-corrected chi connectivity index (χ2v) is 8.65. The van der Waals surface area contributed by atoms with Crippen LogP contribution in [0, 0.1) is 5.92 Å². The predicted octanol–water partition coefficient (Wildman–Crippen LogP) is 2.18. The van der Waals surface area contributed by atoms with E-state index in [1.165, 1.54) is 17.7 Å². The van der Waals surface area contributed by atoms with Gasteiger partial charge in [0.2, 0.25) is 11.8 Å². The van der Waals surface area contributed by atoms with E-state index in [0.29, 0.717) is 19.0 Å². The first-order chi connectivity index (χ1) is 14.0. The first kappa shape index (κ1) is 21.6. The van der Waals surface area contributed by atoms with Gasteiger partial charge in [0.05, 0.1) is 12.5 Å². The Kier molecular flexibility index (Phi) is 7.92. The molecule has 2 aliphatic rings. The highest BCUT2D eigenvalue weighted by Crippen LogP contribution is 2.26. The lowest BCUT2D eigenvalue weighted by molar-refractivity contribution is -0.134. The maximum Gasteiger partial charge on any atom is 0.237 e. The molecule has 0 aliphatic carbocycles. The Morgan fingerprint density at radius 3 is 2.90 bits per heavy atom. The average Bonchev–Trinajstić information content (AvgIpc) is 2.71. The predicted molar refractivity (Wildman–Crippen MR) is 117 cm³/mol. The van der Waals surface area contributed by atoms with E-state index in [4.69, 9.17) is 0 Å². The van der Waals surface area contributed by atoms with Gasteiger partial charge < -0.3 is 15.5 Å². The van der Waals surface area contributed by atoms with Gasteiger partial charge >= 0.3 is 0 Å². The van der Waals surface area contributed by atoms with Crippen molar-refractivity contribution < 1.29 is 9.59 Å². The number of nitrogens with zero attached hydrogens (tertiary/aromatic N) is 2. The smallest absolute Gasteiger partial charge is 0.237 e. The fourth-order valence-corrected chi connectivity index (χ4v) is 4.26. The van der Waals surface area contributed by atoms with Gasteiger partial charge in [0.25, 0.3) is 0 Å². The molecule has 6 heteroatoms. The molecule has 0 aromatic heterocycles. The molecule has 0 spiro atoms. The minimum Gasteiger partial charge on any atom is -0.371 e. The number of para-hydroxylation sites is 1. The van der Waals surface area contributed by atoms with Crippen LogP contribution >= 0.6 is 0 Å². The Bertz CT molecular complexity index is 691. The molecule has 1 unspecified atom stereocenters. The number of hydrogen-bond donors (Lipinski definition) is 2. The number of anilines is 1. The van der Waals surface area contributed by atoms with Crippen LogP contribution in [0.4, 0.5) is 5.69 Å². The number of aryl methyl sites for hydroxylation is 1. The van der Waals surface area contributed by atoms with E-state index in [-0.39, 0.29) is 24.3 Å². The van der Waals surface area contributed by atoms with E-state index in [2.05, 4.69) is 58.5 Å². The van der Waals surface area contributed by atoms with Gasteiger partial charge in [-0.3, -0.25) is 14.5 Å². The molecule has 1 aromatic carbocycles.